The van der Waals surface area contributed by atoms with E-state index in [1.54, 1.807) is 6.33 Å². The van der Waals surface area contributed by atoms with Crippen molar-refractivity contribution in [1.29, 1.82) is 0 Å². The predicted octanol–water partition coefficient (Wildman–Crippen LogP) is 3.52. The van der Waals surface area contributed by atoms with Gasteiger partial charge in [-0.2, -0.15) is 5.10 Å². The van der Waals surface area contributed by atoms with Gasteiger partial charge in [0.25, 0.3) is 0 Å². The Morgan fingerprint density at radius 1 is 1.32 bits per heavy atom. The SMILES string of the molecule is Cc1[nH]nc(CN2CCc3[nH]cnc3[C@H]2c2c(F)cccc2F)c1Cl. The lowest BCUT2D eigenvalue weighted by atomic mass is 9.94. The fraction of sp³-hybridized carbons (Fsp3) is 0.294. The number of fused-ring (bicyclic) bond motifs is 1. The fourth-order valence-electron chi connectivity index (χ4n) is 3.35. The van der Waals surface area contributed by atoms with Crippen molar-refractivity contribution in [2.75, 3.05) is 6.54 Å². The molecule has 0 saturated heterocycles. The molecule has 1 aliphatic heterocycles. The van der Waals surface area contributed by atoms with Crippen molar-refractivity contribution < 1.29 is 8.78 Å². The summed E-state index contributed by atoms with van der Waals surface area (Å²) in [5.74, 6) is -1.18. The molecule has 0 fully saturated rings. The van der Waals surface area contributed by atoms with Crippen LogP contribution in [0.3, 0.4) is 0 Å². The second-order valence-electron chi connectivity index (χ2n) is 6.13. The largest absolute Gasteiger partial charge is 0.348 e. The van der Waals surface area contributed by atoms with Crippen molar-refractivity contribution in [1.82, 2.24) is 25.1 Å². The Hall–Kier alpha value is -2.25. The van der Waals surface area contributed by atoms with Crippen molar-refractivity contribution in [3.63, 3.8) is 0 Å². The topological polar surface area (TPSA) is 60.6 Å². The standard InChI is InChI=1S/C17H16ClF2N5/c1-9-15(18)13(24-23-9)7-25-6-5-12-16(22-8-21-12)17(25)14-10(19)3-2-4-11(14)20/h2-4,8,17H,5-7H2,1H3,(H,21,22)(H,23,24)/t17-/m1/s1. The maximum absolute atomic E-state index is 14.5. The Morgan fingerprint density at radius 3 is 2.76 bits per heavy atom. The molecule has 0 unspecified atom stereocenters. The summed E-state index contributed by atoms with van der Waals surface area (Å²) in [6, 6.07) is 3.26. The van der Waals surface area contributed by atoms with E-state index in [4.69, 9.17) is 11.6 Å². The van der Waals surface area contributed by atoms with Gasteiger partial charge in [0, 0.05) is 30.8 Å². The number of rotatable bonds is 3. The molecule has 3 heterocycles. The molecule has 25 heavy (non-hydrogen) atoms. The zero-order chi connectivity index (χ0) is 17.6. The van der Waals surface area contributed by atoms with Crippen molar-refractivity contribution in [3.05, 3.63) is 69.5 Å². The second-order valence-corrected chi connectivity index (χ2v) is 6.51. The maximum Gasteiger partial charge on any atom is 0.131 e. The van der Waals surface area contributed by atoms with Gasteiger partial charge in [0.2, 0.25) is 0 Å². The van der Waals surface area contributed by atoms with Crippen molar-refractivity contribution in [3.8, 4) is 0 Å². The molecule has 0 saturated carbocycles. The number of benzene rings is 1. The number of halogens is 3. The van der Waals surface area contributed by atoms with Crippen LogP contribution in [0.4, 0.5) is 8.78 Å². The van der Waals surface area contributed by atoms with E-state index in [1.165, 1.54) is 18.2 Å². The number of hydrogen-bond donors (Lipinski definition) is 2. The molecule has 1 aromatic carbocycles. The second kappa shape index (κ2) is 6.24. The van der Waals surface area contributed by atoms with Crippen LogP contribution in [0.15, 0.2) is 24.5 Å². The van der Waals surface area contributed by atoms with E-state index < -0.39 is 17.7 Å². The number of H-pyrrole nitrogens is 2. The van der Waals surface area contributed by atoms with Gasteiger partial charge in [-0.05, 0) is 19.1 Å². The third-order valence-corrected chi connectivity index (χ3v) is 5.09. The molecule has 8 heteroatoms. The lowest BCUT2D eigenvalue weighted by molar-refractivity contribution is 0.190. The van der Waals surface area contributed by atoms with E-state index in [-0.39, 0.29) is 5.56 Å². The summed E-state index contributed by atoms with van der Waals surface area (Å²) in [5, 5.41) is 7.59. The minimum atomic E-state index is -0.635. The molecule has 5 nitrogen and oxygen atoms in total. The zero-order valence-corrected chi connectivity index (χ0v) is 14.2. The van der Waals surface area contributed by atoms with Crippen LogP contribution in [-0.2, 0) is 13.0 Å². The molecule has 3 aromatic rings. The fourth-order valence-corrected chi connectivity index (χ4v) is 3.49. The monoisotopic (exact) mass is 363 g/mol. The van der Waals surface area contributed by atoms with Gasteiger partial charge < -0.3 is 4.98 Å². The Balaban J connectivity index is 1.79. The lowest BCUT2D eigenvalue weighted by Crippen LogP contribution is -2.37. The van der Waals surface area contributed by atoms with Gasteiger partial charge in [-0.15, -0.1) is 0 Å². The molecule has 0 aliphatic carbocycles. The molecule has 0 bridgehead atoms. The normalized spacial score (nSPS) is 17.7. The number of imidazole rings is 1. The summed E-state index contributed by atoms with van der Waals surface area (Å²) < 4.78 is 29.0. The lowest BCUT2D eigenvalue weighted by Gasteiger charge is -2.35. The van der Waals surface area contributed by atoms with Gasteiger partial charge in [0.15, 0.2) is 0 Å². The molecule has 0 amide bonds. The van der Waals surface area contributed by atoms with Crippen LogP contribution in [-0.4, -0.2) is 31.6 Å². The Morgan fingerprint density at radius 2 is 2.08 bits per heavy atom. The molecule has 0 radical (unpaired) electrons. The van der Waals surface area contributed by atoms with Gasteiger partial charge in [0.1, 0.15) is 11.6 Å². The molecule has 0 spiro atoms. The van der Waals surface area contributed by atoms with Crippen LogP contribution in [0, 0.1) is 18.6 Å². The third kappa shape index (κ3) is 2.73. The van der Waals surface area contributed by atoms with Crippen LogP contribution in [0.1, 0.15) is 34.4 Å². The maximum atomic E-state index is 14.5. The highest BCUT2D eigenvalue weighted by Gasteiger charge is 2.35. The van der Waals surface area contributed by atoms with Gasteiger partial charge in [-0.1, -0.05) is 17.7 Å². The van der Waals surface area contributed by atoms with Gasteiger partial charge >= 0.3 is 0 Å². The molecular formula is C17H16ClF2N5. The average Bonchev–Trinajstić information content (AvgIpc) is 3.18. The van der Waals surface area contributed by atoms with Crippen LogP contribution in [0.25, 0.3) is 0 Å². The van der Waals surface area contributed by atoms with Crippen LogP contribution in [0.5, 0.6) is 0 Å². The molecule has 1 atom stereocenters. The summed E-state index contributed by atoms with van der Waals surface area (Å²) in [5.41, 5.74) is 2.95. The number of nitrogens with one attached hydrogen (secondary N) is 2. The number of hydrogen-bond acceptors (Lipinski definition) is 3. The highest BCUT2D eigenvalue weighted by Crippen LogP contribution is 2.37. The van der Waals surface area contributed by atoms with E-state index in [0.717, 1.165) is 11.4 Å². The minimum absolute atomic E-state index is 0.000991. The van der Waals surface area contributed by atoms with Crippen molar-refractivity contribution in [2.45, 2.75) is 25.9 Å². The van der Waals surface area contributed by atoms with Gasteiger partial charge in [-0.3, -0.25) is 10.00 Å². The number of nitrogens with zero attached hydrogens (tertiary/aromatic N) is 3. The molecule has 2 aromatic heterocycles. The number of aromatic amines is 2. The van der Waals surface area contributed by atoms with E-state index in [2.05, 4.69) is 20.2 Å². The molecule has 130 valence electrons. The first-order valence-electron chi connectivity index (χ1n) is 7.95. The molecule has 4 rings (SSSR count). The summed E-state index contributed by atoms with van der Waals surface area (Å²) >= 11 is 6.27. The smallest absolute Gasteiger partial charge is 0.131 e. The van der Waals surface area contributed by atoms with E-state index in [0.29, 0.717) is 35.9 Å². The summed E-state index contributed by atoms with van der Waals surface area (Å²) in [4.78, 5) is 9.34. The summed E-state index contributed by atoms with van der Waals surface area (Å²) in [7, 11) is 0. The number of aryl methyl sites for hydroxylation is 1. The van der Waals surface area contributed by atoms with Crippen molar-refractivity contribution in [2.24, 2.45) is 0 Å². The quantitative estimate of drug-likeness (QED) is 0.748. The van der Waals surface area contributed by atoms with Gasteiger partial charge in [-0.25, -0.2) is 13.8 Å². The van der Waals surface area contributed by atoms with Crippen LogP contribution >= 0.6 is 11.6 Å². The molecular weight excluding hydrogens is 348 g/mol. The van der Waals surface area contributed by atoms with E-state index >= 15 is 0 Å². The first kappa shape index (κ1) is 16.2. The van der Waals surface area contributed by atoms with Crippen LogP contribution in [0.2, 0.25) is 5.02 Å². The Bertz CT molecular complexity index is 899. The summed E-state index contributed by atoms with van der Waals surface area (Å²) in [6.07, 6.45) is 2.27. The minimum Gasteiger partial charge on any atom is -0.348 e. The third-order valence-electron chi connectivity index (χ3n) is 4.59. The summed E-state index contributed by atoms with van der Waals surface area (Å²) in [6.45, 7) is 2.80. The van der Waals surface area contributed by atoms with E-state index in [1.807, 2.05) is 11.8 Å². The van der Waals surface area contributed by atoms with E-state index in [9.17, 15) is 8.78 Å². The van der Waals surface area contributed by atoms with Crippen LogP contribution < -0.4 is 0 Å². The first-order valence-corrected chi connectivity index (χ1v) is 8.33. The number of aromatic nitrogens is 4. The highest BCUT2D eigenvalue weighted by atomic mass is 35.5. The Labute approximate surface area is 148 Å². The predicted molar refractivity (Wildman–Crippen MR) is 89.2 cm³/mol. The Kier molecular flexibility index (Phi) is 4.05. The zero-order valence-electron chi connectivity index (χ0n) is 13.5. The highest BCUT2D eigenvalue weighted by molar-refractivity contribution is 6.31. The van der Waals surface area contributed by atoms with Crippen molar-refractivity contribution >= 4 is 11.6 Å². The average molecular weight is 364 g/mol. The molecule has 1 aliphatic rings. The first-order chi connectivity index (χ1) is 12.1. The van der Waals surface area contributed by atoms with Gasteiger partial charge in [0.05, 0.1) is 34.5 Å². The molecule has 2 N–H and O–H groups in total.